The molecule has 0 amide bonds. The van der Waals surface area contributed by atoms with Gasteiger partial charge in [0.05, 0.1) is 0 Å². The maximum atomic E-state index is 13.3. The van der Waals surface area contributed by atoms with Crippen LogP contribution in [0.15, 0.2) is 35.6 Å². The molecular weight excluding hydrogens is 283 g/mol. The summed E-state index contributed by atoms with van der Waals surface area (Å²) in [7, 11) is -4.18. The standard InChI is InChI=1S/C9H6ClFN4O2S/c10-7-3-5-13-9(14-7)15-18(16,17)8-6(11)2-1-4-12-8/h1-5H,(H,13,14,15). The van der Waals surface area contributed by atoms with Crippen molar-refractivity contribution in [2.45, 2.75) is 5.03 Å². The van der Waals surface area contributed by atoms with Crippen LogP contribution in [0, 0.1) is 5.82 Å². The lowest BCUT2D eigenvalue weighted by atomic mass is 10.5. The number of nitrogens with one attached hydrogen (secondary N) is 1. The van der Waals surface area contributed by atoms with Crippen molar-refractivity contribution in [3.8, 4) is 0 Å². The van der Waals surface area contributed by atoms with Gasteiger partial charge in [-0.25, -0.2) is 24.1 Å². The fraction of sp³-hybridized carbons (Fsp3) is 0. The zero-order valence-corrected chi connectivity index (χ0v) is 10.3. The molecular formula is C9H6ClFN4O2S. The van der Waals surface area contributed by atoms with Crippen LogP contribution < -0.4 is 4.72 Å². The zero-order chi connectivity index (χ0) is 13.2. The molecule has 0 bridgehead atoms. The number of halogens is 2. The van der Waals surface area contributed by atoms with Crippen molar-refractivity contribution in [3.63, 3.8) is 0 Å². The third kappa shape index (κ3) is 2.71. The minimum atomic E-state index is -4.18. The second-order valence-electron chi connectivity index (χ2n) is 3.10. The SMILES string of the molecule is O=S(=O)(Nc1nccc(Cl)n1)c1ncccc1F. The van der Waals surface area contributed by atoms with Crippen molar-refractivity contribution in [1.29, 1.82) is 0 Å². The zero-order valence-electron chi connectivity index (χ0n) is 8.71. The molecule has 0 spiro atoms. The van der Waals surface area contributed by atoms with Crippen LogP contribution in [0.2, 0.25) is 5.15 Å². The summed E-state index contributed by atoms with van der Waals surface area (Å²) < 4.78 is 38.9. The van der Waals surface area contributed by atoms with Gasteiger partial charge < -0.3 is 0 Å². The third-order valence-corrected chi connectivity index (χ3v) is 3.30. The number of hydrogen-bond acceptors (Lipinski definition) is 5. The molecule has 0 aromatic carbocycles. The number of rotatable bonds is 3. The Morgan fingerprint density at radius 1 is 1.22 bits per heavy atom. The number of hydrogen-bond donors (Lipinski definition) is 1. The molecule has 0 saturated heterocycles. The van der Waals surface area contributed by atoms with Crippen LogP contribution in [0.1, 0.15) is 0 Å². The molecule has 0 aliphatic rings. The Bertz CT molecular complexity index is 680. The van der Waals surface area contributed by atoms with Crippen LogP contribution in [0.3, 0.4) is 0 Å². The average Bonchev–Trinajstić information content (AvgIpc) is 2.28. The van der Waals surface area contributed by atoms with E-state index in [1.807, 2.05) is 4.72 Å². The molecule has 0 atom stereocenters. The Labute approximate surface area is 107 Å². The monoisotopic (exact) mass is 288 g/mol. The van der Waals surface area contributed by atoms with Crippen LogP contribution in [0.25, 0.3) is 0 Å². The summed E-state index contributed by atoms with van der Waals surface area (Å²) >= 11 is 5.58. The summed E-state index contributed by atoms with van der Waals surface area (Å²) in [4.78, 5) is 10.7. The van der Waals surface area contributed by atoms with Crippen molar-refractivity contribution in [2.24, 2.45) is 0 Å². The lowest BCUT2D eigenvalue weighted by molar-refractivity contribution is 0.556. The van der Waals surface area contributed by atoms with Gasteiger partial charge in [0.15, 0.2) is 5.82 Å². The number of anilines is 1. The van der Waals surface area contributed by atoms with Crippen molar-refractivity contribution < 1.29 is 12.8 Å². The molecule has 0 unspecified atom stereocenters. The number of pyridine rings is 1. The summed E-state index contributed by atoms with van der Waals surface area (Å²) in [6.45, 7) is 0. The van der Waals surface area contributed by atoms with Gasteiger partial charge in [-0.2, -0.15) is 8.42 Å². The third-order valence-electron chi connectivity index (χ3n) is 1.83. The molecule has 1 N–H and O–H groups in total. The Balaban J connectivity index is 2.37. The highest BCUT2D eigenvalue weighted by Gasteiger charge is 2.21. The van der Waals surface area contributed by atoms with Gasteiger partial charge in [0.1, 0.15) is 5.15 Å². The molecule has 2 aromatic heterocycles. The van der Waals surface area contributed by atoms with Gasteiger partial charge in [-0.15, -0.1) is 0 Å². The van der Waals surface area contributed by atoms with Crippen LogP contribution in [0.5, 0.6) is 0 Å². The average molecular weight is 289 g/mol. The highest BCUT2D eigenvalue weighted by atomic mass is 35.5. The molecule has 18 heavy (non-hydrogen) atoms. The van der Waals surface area contributed by atoms with Crippen LogP contribution in [0.4, 0.5) is 10.3 Å². The topological polar surface area (TPSA) is 84.8 Å². The number of sulfonamides is 1. The van der Waals surface area contributed by atoms with Crippen molar-refractivity contribution >= 4 is 27.6 Å². The molecule has 2 heterocycles. The molecule has 6 nitrogen and oxygen atoms in total. The maximum absolute atomic E-state index is 13.3. The van der Waals surface area contributed by atoms with Gasteiger partial charge in [-0.1, -0.05) is 11.6 Å². The number of nitrogens with zero attached hydrogens (tertiary/aromatic N) is 3. The first-order valence-corrected chi connectivity index (χ1v) is 6.47. The highest BCUT2D eigenvalue weighted by molar-refractivity contribution is 7.92. The summed E-state index contributed by atoms with van der Waals surface area (Å²) in [5.74, 6) is -1.22. The van der Waals surface area contributed by atoms with Crippen LogP contribution in [-0.4, -0.2) is 23.4 Å². The highest BCUT2D eigenvalue weighted by Crippen LogP contribution is 2.14. The van der Waals surface area contributed by atoms with E-state index < -0.39 is 20.9 Å². The lowest BCUT2D eigenvalue weighted by Gasteiger charge is -2.05. The molecule has 0 aliphatic carbocycles. The van der Waals surface area contributed by atoms with E-state index in [9.17, 15) is 12.8 Å². The Morgan fingerprint density at radius 3 is 2.67 bits per heavy atom. The quantitative estimate of drug-likeness (QED) is 0.864. The second-order valence-corrected chi connectivity index (χ2v) is 5.08. The van der Waals surface area contributed by atoms with E-state index in [1.165, 1.54) is 18.3 Å². The first-order valence-electron chi connectivity index (χ1n) is 4.61. The smallest absolute Gasteiger partial charge is 0.246 e. The van der Waals surface area contributed by atoms with Gasteiger partial charge in [-0.3, -0.25) is 0 Å². The van der Waals surface area contributed by atoms with E-state index in [0.717, 1.165) is 12.3 Å². The summed E-state index contributed by atoms with van der Waals surface area (Å²) in [6, 6.07) is 3.64. The maximum Gasteiger partial charge on any atom is 0.284 e. The van der Waals surface area contributed by atoms with Crippen molar-refractivity contribution in [2.75, 3.05) is 4.72 Å². The molecule has 0 saturated carbocycles. The molecule has 2 rings (SSSR count). The lowest BCUT2D eigenvalue weighted by Crippen LogP contribution is -2.17. The first-order chi connectivity index (χ1) is 8.49. The van der Waals surface area contributed by atoms with E-state index >= 15 is 0 Å². The fourth-order valence-corrected chi connectivity index (χ4v) is 2.22. The Kier molecular flexibility index (Phi) is 3.39. The normalized spacial score (nSPS) is 11.2. The summed E-state index contributed by atoms with van der Waals surface area (Å²) in [6.07, 6.45) is 2.43. The summed E-state index contributed by atoms with van der Waals surface area (Å²) in [5, 5.41) is -0.669. The van der Waals surface area contributed by atoms with Crippen LogP contribution >= 0.6 is 11.6 Å². The summed E-state index contributed by atoms with van der Waals surface area (Å²) in [5.41, 5.74) is 0. The fourth-order valence-electron chi connectivity index (χ4n) is 1.12. The van der Waals surface area contributed by atoms with E-state index in [4.69, 9.17) is 11.6 Å². The molecule has 94 valence electrons. The molecule has 0 fully saturated rings. The van der Waals surface area contributed by atoms with Crippen molar-refractivity contribution in [3.05, 3.63) is 41.6 Å². The van der Waals surface area contributed by atoms with Gasteiger partial charge in [0.25, 0.3) is 10.0 Å². The van der Waals surface area contributed by atoms with Gasteiger partial charge in [0, 0.05) is 12.4 Å². The Morgan fingerprint density at radius 2 is 2.00 bits per heavy atom. The second kappa shape index (κ2) is 4.83. The van der Waals surface area contributed by atoms with E-state index in [1.54, 1.807) is 0 Å². The molecule has 2 aromatic rings. The van der Waals surface area contributed by atoms with Crippen molar-refractivity contribution in [1.82, 2.24) is 15.0 Å². The van der Waals surface area contributed by atoms with Crippen LogP contribution in [-0.2, 0) is 10.0 Å². The van der Waals surface area contributed by atoms with Gasteiger partial charge in [0.2, 0.25) is 11.0 Å². The van der Waals surface area contributed by atoms with E-state index in [0.29, 0.717) is 0 Å². The molecule has 9 heteroatoms. The largest absolute Gasteiger partial charge is 0.284 e. The van der Waals surface area contributed by atoms with Gasteiger partial charge >= 0.3 is 0 Å². The van der Waals surface area contributed by atoms with E-state index in [-0.39, 0.29) is 11.1 Å². The number of aromatic nitrogens is 3. The molecule has 0 radical (unpaired) electrons. The minimum Gasteiger partial charge on any atom is -0.246 e. The molecule has 0 aliphatic heterocycles. The predicted octanol–water partition coefficient (Wildman–Crippen LogP) is 1.46. The van der Waals surface area contributed by atoms with Gasteiger partial charge in [-0.05, 0) is 18.2 Å². The predicted molar refractivity (Wildman–Crippen MR) is 62.0 cm³/mol. The first kappa shape index (κ1) is 12.7. The minimum absolute atomic E-state index is 0.0594. The Hall–Kier alpha value is -1.80. The van der Waals surface area contributed by atoms with E-state index in [2.05, 4.69) is 15.0 Å².